The highest BCUT2D eigenvalue weighted by Crippen LogP contribution is 2.34. The summed E-state index contributed by atoms with van der Waals surface area (Å²) in [7, 11) is 0. The standard InChI is InChI=1S/C18H25N3O3/c1-15-2-3-17(24-15)10-20-6-7-22-13-18(12-20)8-16(11-23-18)9-21-5-4-19-14-21/h2-5,14,16H,6-13H2,1H3/t16-,18+/m1/s1. The van der Waals surface area contributed by atoms with Gasteiger partial charge in [-0.15, -0.1) is 0 Å². The molecule has 130 valence electrons. The molecule has 0 radical (unpaired) electrons. The summed E-state index contributed by atoms with van der Waals surface area (Å²) in [4.78, 5) is 6.52. The van der Waals surface area contributed by atoms with Crippen LogP contribution in [0.3, 0.4) is 0 Å². The SMILES string of the molecule is Cc1ccc(CN2CCOC[C@]3(C[C@H](Cn4ccnc4)CO3)C2)o1. The van der Waals surface area contributed by atoms with Crippen molar-refractivity contribution >= 4 is 0 Å². The first-order valence-electron chi connectivity index (χ1n) is 8.66. The van der Waals surface area contributed by atoms with Crippen LogP contribution in [0.4, 0.5) is 0 Å². The molecule has 0 saturated carbocycles. The van der Waals surface area contributed by atoms with Gasteiger partial charge in [-0.05, 0) is 25.5 Å². The maximum absolute atomic E-state index is 6.26. The minimum absolute atomic E-state index is 0.191. The van der Waals surface area contributed by atoms with Gasteiger partial charge in [0.15, 0.2) is 0 Å². The maximum Gasteiger partial charge on any atom is 0.118 e. The average molecular weight is 331 g/mol. The number of furan rings is 1. The summed E-state index contributed by atoms with van der Waals surface area (Å²) in [5, 5.41) is 0. The number of nitrogens with zero attached hydrogens (tertiary/aromatic N) is 3. The molecule has 2 aromatic rings. The van der Waals surface area contributed by atoms with Crippen molar-refractivity contribution in [2.45, 2.75) is 32.0 Å². The molecule has 0 aromatic carbocycles. The summed E-state index contributed by atoms with van der Waals surface area (Å²) in [6.07, 6.45) is 6.74. The number of rotatable bonds is 4. The van der Waals surface area contributed by atoms with E-state index < -0.39 is 0 Å². The molecule has 6 nitrogen and oxygen atoms in total. The zero-order chi connectivity index (χ0) is 16.4. The highest BCUT2D eigenvalue weighted by atomic mass is 16.5. The van der Waals surface area contributed by atoms with E-state index in [2.05, 4.69) is 20.5 Å². The molecule has 1 spiro atoms. The van der Waals surface area contributed by atoms with Crippen LogP contribution in [0.5, 0.6) is 0 Å². The van der Waals surface area contributed by atoms with Crippen LogP contribution in [0.2, 0.25) is 0 Å². The molecular formula is C18H25N3O3. The van der Waals surface area contributed by atoms with Crippen LogP contribution in [0.15, 0.2) is 35.3 Å². The zero-order valence-corrected chi connectivity index (χ0v) is 14.2. The Hall–Kier alpha value is -1.63. The Bertz CT molecular complexity index is 654. The zero-order valence-electron chi connectivity index (χ0n) is 14.2. The molecule has 2 aromatic heterocycles. The normalized spacial score (nSPS) is 28.5. The van der Waals surface area contributed by atoms with Crippen LogP contribution in [-0.2, 0) is 22.6 Å². The van der Waals surface area contributed by atoms with Crippen molar-refractivity contribution in [3.63, 3.8) is 0 Å². The van der Waals surface area contributed by atoms with Gasteiger partial charge in [0.1, 0.15) is 17.1 Å². The lowest BCUT2D eigenvalue weighted by atomic mass is 9.94. The van der Waals surface area contributed by atoms with Gasteiger partial charge in [0.25, 0.3) is 0 Å². The largest absolute Gasteiger partial charge is 0.465 e. The van der Waals surface area contributed by atoms with Crippen molar-refractivity contribution in [2.24, 2.45) is 5.92 Å². The van der Waals surface area contributed by atoms with E-state index in [9.17, 15) is 0 Å². The van der Waals surface area contributed by atoms with Crippen molar-refractivity contribution in [3.05, 3.63) is 42.4 Å². The van der Waals surface area contributed by atoms with E-state index >= 15 is 0 Å². The van der Waals surface area contributed by atoms with E-state index in [-0.39, 0.29) is 5.60 Å². The molecule has 2 fully saturated rings. The number of hydrogen-bond donors (Lipinski definition) is 0. The topological polar surface area (TPSA) is 52.7 Å². The van der Waals surface area contributed by atoms with Gasteiger partial charge in [-0.25, -0.2) is 4.98 Å². The Morgan fingerprint density at radius 1 is 1.38 bits per heavy atom. The molecular weight excluding hydrogens is 306 g/mol. The van der Waals surface area contributed by atoms with E-state index in [1.54, 1.807) is 0 Å². The first kappa shape index (κ1) is 15.9. The van der Waals surface area contributed by atoms with Gasteiger partial charge in [-0.1, -0.05) is 0 Å². The average Bonchev–Trinajstić information content (AvgIpc) is 3.25. The lowest BCUT2D eigenvalue weighted by Crippen LogP contribution is -2.43. The lowest BCUT2D eigenvalue weighted by molar-refractivity contribution is -0.0566. The van der Waals surface area contributed by atoms with E-state index in [4.69, 9.17) is 13.9 Å². The summed E-state index contributed by atoms with van der Waals surface area (Å²) in [6, 6.07) is 4.08. The second kappa shape index (κ2) is 6.70. The molecule has 6 heteroatoms. The van der Waals surface area contributed by atoms with Crippen LogP contribution in [0.25, 0.3) is 0 Å². The Labute approximate surface area is 142 Å². The Balaban J connectivity index is 1.40. The lowest BCUT2D eigenvalue weighted by Gasteiger charge is -2.30. The van der Waals surface area contributed by atoms with E-state index in [1.807, 2.05) is 31.7 Å². The monoisotopic (exact) mass is 331 g/mol. The second-order valence-corrected chi connectivity index (χ2v) is 7.10. The Morgan fingerprint density at radius 2 is 2.33 bits per heavy atom. The molecule has 4 rings (SSSR count). The van der Waals surface area contributed by atoms with Crippen LogP contribution in [-0.4, -0.2) is 53.0 Å². The second-order valence-electron chi connectivity index (χ2n) is 7.10. The van der Waals surface area contributed by atoms with Gasteiger partial charge in [0.05, 0.1) is 32.7 Å². The van der Waals surface area contributed by atoms with Crippen molar-refractivity contribution in [1.29, 1.82) is 0 Å². The van der Waals surface area contributed by atoms with Crippen LogP contribution >= 0.6 is 0 Å². The van der Waals surface area contributed by atoms with E-state index in [0.29, 0.717) is 12.5 Å². The summed E-state index contributed by atoms with van der Waals surface area (Å²) >= 11 is 0. The van der Waals surface area contributed by atoms with Crippen molar-refractivity contribution in [3.8, 4) is 0 Å². The van der Waals surface area contributed by atoms with Gasteiger partial charge < -0.3 is 18.5 Å². The molecule has 2 saturated heterocycles. The summed E-state index contributed by atoms with van der Waals surface area (Å²) < 4.78 is 20.0. The van der Waals surface area contributed by atoms with Crippen molar-refractivity contribution in [1.82, 2.24) is 14.5 Å². The quantitative estimate of drug-likeness (QED) is 0.859. The van der Waals surface area contributed by atoms with Crippen molar-refractivity contribution in [2.75, 3.05) is 32.9 Å². The minimum atomic E-state index is -0.191. The predicted molar refractivity (Wildman–Crippen MR) is 88.6 cm³/mol. The van der Waals surface area contributed by atoms with Gasteiger partial charge >= 0.3 is 0 Å². The molecule has 0 unspecified atom stereocenters. The third-order valence-corrected chi connectivity index (χ3v) is 4.92. The fraction of sp³-hybridized carbons (Fsp3) is 0.611. The molecule has 0 N–H and O–H groups in total. The Morgan fingerprint density at radius 3 is 3.12 bits per heavy atom. The smallest absolute Gasteiger partial charge is 0.118 e. The fourth-order valence-electron chi connectivity index (χ4n) is 3.87. The number of hydrogen-bond acceptors (Lipinski definition) is 5. The highest BCUT2D eigenvalue weighted by Gasteiger charge is 2.43. The first-order valence-corrected chi connectivity index (χ1v) is 8.66. The summed E-state index contributed by atoms with van der Waals surface area (Å²) in [6.45, 7) is 7.78. The third-order valence-electron chi connectivity index (χ3n) is 4.92. The minimum Gasteiger partial charge on any atom is -0.465 e. The molecule has 4 heterocycles. The van der Waals surface area contributed by atoms with Crippen LogP contribution in [0, 0.1) is 12.8 Å². The fourth-order valence-corrected chi connectivity index (χ4v) is 3.87. The van der Waals surface area contributed by atoms with Crippen LogP contribution in [0.1, 0.15) is 17.9 Å². The van der Waals surface area contributed by atoms with Crippen LogP contribution < -0.4 is 0 Å². The molecule has 24 heavy (non-hydrogen) atoms. The molecule has 0 aliphatic carbocycles. The number of imidazole rings is 1. The van der Waals surface area contributed by atoms with Crippen molar-refractivity contribution < 1.29 is 13.9 Å². The number of ether oxygens (including phenoxy) is 2. The number of aromatic nitrogens is 2. The Kier molecular flexibility index (Phi) is 4.43. The maximum atomic E-state index is 6.26. The summed E-state index contributed by atoms with van der Waals surface area (Å²) in [5.74, 6) is 2.48. The van der Waals surface area contributed by atoms with Gasteiger partial charge in [0.2, 0.25) is 0 Å². The number of aryl methyl sites for hydroxylation is 1. The van der Waals surface area contributed by atoms with Gasteiger partial charge in [-0.2, -0.15) is 0 Å². The molecule has 0 bridgehead atoms. The molecule has 0 amide bonds. The van der Waals surface area contributed by atoms with E-state index in [1.165, 1.54) is 0 Å². The van der Waals surface area contributed by atoms with E-state index in [0.717, 1.165) is 57.3 Å². The summed E-state index contributed by atoms with van der Waals surface area (Å²) in [5.41, 5.74) is -0.191. The molecule has 2 aliphatic heterocycles. The highest BCUT2D eigenvalue weighted by molar-refractivity contribution is 5.06. The predicted octanol–water partition coefficient (Wildman–Crippen LogP) is 2.09. The van der Waals surface area contributed by atoms with Gasteiger partial charge in [0, 0.05) is 37.9 Å². The molecule has 2 atom stereocenters. The first-order chi connectivity index (χ1) is 11.7. The third kappa shape index (κ3) is 3.55. The molecule has 2 aliphatic rings. The van der Waals surface area contributed by atoms with Gasteiger partial charge in [-0.3, -0.25) is 4.90 Å².